The zero-order valence-corrected chi connectivity index (χ0v) is 13.2. The number of rotatable bonds is 6. The van der Waals surface area contributed by atoms with Gasteiger partial charge in [-0.3, -0.25) is 4.90 Å². The number of nitrogens with zero attached hydrogens (tertiary/aromatic N) is 1. The fraction of sp³-hybridized carbons (Fsp3) is 0.667. The molecule has 1 saturated carbocycles. The van der Waals surface area contributed by atoms with E-state index in [1.54, 1.807) is 7.11 Å². The van der Waals surface area contributed by atoms with Gasteiger partial charge >= 0.3 is 0 Å². The van der Waals surface area contributed by atoms with Crippen molar-refractivity contribution in [3.8, 4) is 0 Å². The molecule has 2 fully saturated rings. The summed E-state index contributed by atoms with van der Waals surface area (Å²) in [6.45, 7) is 4.11. The highest BCUT2D eigenvalue weighted by molar-refractivity contribution is 7.80. The number of aromatic amines is 1. The lowest BCUT2D eigenvalue weighted by atomic mass is 9.97. The van der Waals surface area contributed by atoms with Crippen LogP contribution in [0.2, 0.25) is 0 Å². The molecule has 3 rings (SSSR count). The van der Waals surface area contributed by atoms with Gasteiger partial charge in [0.05, 0.1) is 18.9 Å². The van der Waals surface area contributed by atoms with E-state index in [1.807, 2.05) is 18.3 Å². The average Bonchev–Trinajstić information content (AvgIpc) is 3.15. The molecule has 1 saturated heterocycles. The number of morpholine rings is 1. The Labute approximate surface area is 131 Å². The molecule has 1 aliphatic heterocycles. The molecule has 0 spiro atoms. The summed E-state index contributed by atoms with van der Waals surface area (Å²) >= 11 is 5.71. The maximum Gasteiger partial charge on any atom is 0.169 e. The molecule has 6 heteroatoms. The molecule has 0 radical (unpaired) electrons. The van der Waals surface area contributed by atoms with E-state index in [1.165, 1.54) is 12.8 Å². The normalized spacial score (nSPS) is 22.7. The molecule has 0 bridgehead atoms. The molecule has 2 heterocycles. The topological polar surface area (TPSA) is 49.5 Å². The third-order valence-electron chi connectivity index (χ3n) is 4.21. The second-order valence-electron chi connectivity index (χ2n) is 5.75. The summed E-state index contributed by atoms with van der Waals surface area (Å²) in [5.41, 5.74) is 0.397. The number of hydrogen-bond donors (Lipinski definition) is 2. The lowest BCUT2D eigenvalue weighted by molar-refractivity contribution is -0.0252. The Hall–Kier alpha value is -0.950. The van der Waals surface area contributed by atoms with Crippen LogP contribution in [0.25, 0.3) is 0 Å². The van der Waals surface area contributed by atoms with Crippen LogP contribution in [0.3, 0.4) is 0 Å². The monoisotopic (exact) mass is 309 g/mol. The highest BCUT2D eigenvalue weighted by Gasteiger charge is 2.42. The van der Waals surface area contributed by atoms with Gasteiger partial charge < -0.3 is 19.8 Å². The molecule has 2 aliphatic rings. The second-order valence-corrected chi connectivity index (χ2v) is 6.16. The van der Waals surface area contributed by atoms with Crippen molar-refractivity contribution in [1.29, 1.82) is 0 Å². The maximum atomic E-state index is 5.96. The quantitative estimate of drug-likeness (QED) is 0.775. The highest BCUT2D eigenvalue weighted by atomic mass is 32.1. The number of H-pyrrole nitrogens is 1. The highest BCUT2D eigenvalue weighted by Crippen LogP contribution is 2.29. The molecule has 21 heavy (non-hydrogen) atoms. The Morgan fingerprint density at radius 2 is 2.29 bits per heavy atom. The SMILES string of the molecule is COC(CN1CCOCC1)(C(=S)NC1CC1)c1ccc[nH]1. The summed E-state index contributed by atoms with van der Waals surface area (Å²) in [6, 6.07) is 4.55. The van der Waals surface area contributed by atoms with Crippen molar-refractivity contribution in [2.24, 2.45) is 0 Å². The van der Waals surface area contributed by atoms with Crippen molar-refractivity contribution in [2.75, 3.05) is 40.0 Å². The van der Waals surface area contributed by atoms with Crippen LogP contribution in [0.4, 0.5) is 0 Å². The van der Waals surface area contributed by atoms with Crippen molar-refractivity contribution in [2.45, 2.75) is 24.5 Å². The summed E-state index contributed by atoms with van der Waals surface area (Å²) in [5.74, 6) is 0. The minimum absolute atomic E-state index is 0.520. The summed E-state index contributed by atoms with van der Waals surface area (Å²) < 4.78 is 11.4. The van der Waals surface area contributed by atoms with Crippen LogP contribution >= 0.6 is 12.2 Å². The standard InChI is InChI=1S/C15H23N3O2S/c1-19-15(13-3-2-6-16-13,14(21)17-12-4-5-12)11-18-7-9-20-10-8-18/h2-3,6,12,16H,4-5,7-11H2,1H3,(H,17,21). The third kappa shape index (κ3) is 3.29. The van der Waals surface area contributed by atoms with Crippen LogP contribution in [-0.4, -0.2) is 60.9 Å². The van der Waals surface area contributed by atoms with Gasteiger partial charge in [0.2, 0.25) is 0 Å². The Bertz CT molecular complexity index is 469. The van der Waals surface area contributed by atoms with Crippen LogP contribution < -0.4 is 5.32 Å². The van der Waals surface area contributed by atoms with Crippen LogP contribution in [0.1, 0.15) is 18.5 Å². The van der Waals surface area contributed by atoms with E-state index in [2.05, 4.69) is 15.2 Å². The number of methoxy groups -OCH3 is 1. The second kappa shape index (κ2) is 6.44. The fourth-order valence-corrected chi connectivity index (χ4v) is 3.16. The summed E-state index contributed by atoms with van der Waals surface area (Å²) in [7, 11) is 1.74. The van der Waals surface area contributed by atoms with Crippen LogP contribution in [0, 0.1) is 0 Å². The van der Waals surface area contributed by atoms with E-state index in [9.17, 15) is 0 Å². The molecule has 0 amide bonds. The smallest absolute Gasteiger partial charge is 0.169 e. The number of nitrogens with one attached hydrogen (secondary N) is 2. The number of ether oxygens (including phenoxy) is 2. The zero-order valence-electron chi connectivity index (χ0n) is 12.4. The molecule has 1 aromatic rings. The molecule has 0 aromatic carbocycles. The maximum absolute atomic E-state index is 5.96. The molecular weight excluding hydrogens is 286 g/mol. The number of hydrogen-bond acceptors (Lipinski definition) is 4. The van der Waals surface area contributed by atoms with Gasteiger partial charge in [-0.1, -0.05) is 12.2 Å². The largest absolute Gasteiger partial charge is 0.379 e. The van der Waals surface area contributed by atoms with Gasteiger partial charge in [-0.15, -0.1) is 0 Å². The van der Waals surface area contributed by atoms with E-state index in [-0.39, 0.29) is 0 Å². The molecular formula is C15H23N3O2S. The molecule has 1 unspecified atom stereocenters. The lowest BCUT2D eigenvalue weighted by Crippen LogP contribution is -2.54. The first-order valence-electron chi connectivity index (χ1n) is 7.55. The number of aromatic nitrogens is 1. The molecule has 116 valence electrons. The average molecular weight is 309 g/mol. The Morgan fingerprint density at radius 3 is 2.86 bits per heavy atom. The van der Waals surface area contributed by atoms with Gasteiger partial charge in [0.15, 0.2) is 5.60 Å². The molecule has 1 aliphatic carbocycles. The molecule has 1 atom stereocenters. The summed E-state index contributed by atoms with van der Waals surface area (Å²) in [5, 5.41) is 3.45. The van der Waals surface area contributed by atoms with Gasteiger partial charge in [0.1, 0.15) is 4.99 Å². The van der Waals surface area contributed by atoms with E-state index < -0.39 is 5.60 Å². The van der Waals surface area contributed by atoms with Gasteiger partial charge in [-0.05, 0) is 25.0 Å². The van der Waals surface area contributed by atoms with Gasteiger partial charge in [-0.25, -0.2) is 0 Å². The van der Waals surface area contributed by atoms with Crippen molar-refractivity contribution >= 4 is 17.2 Å². The predicted octanol–water partition coefficient (Wildman–Crippen LogP) is 1.27. The summed E-state index contributed by atoms with van der Waals surface area (Å²) in [6.07, 6.45) is 4.31. The van der Waals surface area contributed by atoms with E-state index in [4.69, 9.17) is 21.7 Å². The zero-order chi connectivity index (χ0) is 14.7. The summed E-state index contributed by atoms with van der Waals surface area (Å²) in [4.78, 5) is 6.42. The first-order chi connectivity index (χ1) is 10.2. The predicted molar refractivity (Wildman–Crippen MR) is 85.5 cm³/mol. The van der Waals surface area contributed by atoms with E-state index >= 15 is 0 Å². The molecule has 2 N–H and O–H groups in total. The van der Waals surface area contributed by atoms with E-state index in [0.29, 0.717) is 6.04 Å². The van der Waals surface area contributed by atoms with Crippen molar-refractivity contribution < 1.29 is 9.47 Å². The number of thiocarbonyl (C=S) groups is 1. The minimum Gasteiger partial charge on any atom is -0.379 e. The third-order valence-corrected chi connectivity index (χ3v) is 4.66. The Balaban J connectivity index is 1.82. The first-order valence-corrected chi connectivity index (χ1v) is 7.95. The van der Waals surface area contributed by atoms with Gasteiger partial charge in [0, 0.05) is 39.0 Å². The van der Waals surface area contributed by atoms with Crippen molar-refractivity contribution in [1.82, 2.24) is 15.2 Å². The van der Waals surface area contributed by atoms with E-state index in [0.717, 1.165) is 43.5 Å². The lowest BCUT2D eigenvalue weighted by Gasteiger charge is -2.38. The minimum atomic E-state index is -0.612. The van der Waals surface area contributed by atoms with Gasteiger partial charge in [-0.2, -0.15) is 0 Å². The Morgan fingerprint density at radius 1 is 1.52 bits per heavy atom. The van der Waals surface area contributed by atoms with Crippen molar-refractivity contribution in [3.05, 3.63) is 24.0 Å². The molecule has 5 nitrogen and oxygen atoms in total. The van der Waals surface area contributed by atoms with Crippen LogP contribution in [0.5, 0.6) is 0 Å². The van der Waals surface area contributed by atoms with Crippen LogP contribution in [0.15, 0.2) is 18.3 Å². The Kier molecular flexibility index (Phi) is 4.59. The fourth-order valence-electron chi connectivity index (χ4n) is 2.73. The van der Waals surface area contributed by atoms with Gasteiger partial charge in [0.25, 0.3) is 0 Å². The molecule has 1 aromatic heterocycles. The van der Waals surface area contributed by atoms with Crippen molar-refractivity contribution in [3.63, 3.8) is 0 Å². The first kappa shape index (κ1) is 15.0. The van der Waals surface area contributed by atoms with Crippen LogP contribution in [-0.2, 0) is 15.1 Å².